The van der Waals surface area contributed by atoms with Crippen LogP contribution >= 0.6 is 11.3 Å². The van der Waals surface area contributed by atoms with Gasteiger partial charge in [-0.2, -0.15) is 0 Å². The molecule has 10 rings (SSSR count). The molecule has 3 heterocycles. The molecule has 0 aliphatic carbocycles. The van der Waals surface area contributed by atoms with Gasteiger partial charge in [0.15, 0.2) is 5.58 Å². The van der Waals surface area contributed by atoms with Crippen LogP contribution in [0.1, 0.15) is 0 Å². The Kier molecular flexibility index (Phi) is 6.68. The van der Waals surface area contributed by atoms with Gasteiger partial charge in [0.25, 0.3) is 0 Å². The van der Waals surface area contributed by atoms with E-state index in [1.807, 2.05) is 23.5 Å². The number of hydrogen-bond donors (Lipinski definition) is 0. The van der Waals surface area contributed by atoms with Crippen LogP contribution in [-0.2, 0) is 0 Å². The predicted molar refractivity (Wildman–Crippen MR) is 209 cm³/mol. The molecule has 3 aromatic heterocycles. The van der Waals surface area contributed by atoms with E-state index in [2.05, 4.69) is 152 Å². The number of fused-ring (bicyclic) bond motifs is 6. The normalized spacial score (nSPS) is 11.6. The Morgan fingerprint density at radius 2 is 0.920 bits per heavy atom. The van der Waals surface area contributed by atoms with Crippen LogP contribution in [0.5, 0.6) is 0 Å². The smallest absolute Gasteiger partial charge is 0.180 e. The van der Waals surface area contributed by atoms with Gasteiger partial charge in [-0.1, -0.05) is 121 Å². The van der Waals surface area contributed by atoms with Crippen LogP contribution in [-0.4, -0.2) is 9.97 Å². The van der Waals surface area contributed by atoms with Gasteiger partial charge in [0.1, 0.15) is 23.1 Å². The molecule has 0 spiro atoms. The van der Waals surface area contributed by atoms with Crippen LogP contribution in [0.2, 0.25) is 0 Å². The van der Waals surface area contributed by atoms with E-state index in [9.17, 15) is 0 Å². The van der Waals surface area contributed by atoms with Crippen molar-refractivity contribution in [1.29, 1.82) is 0 Å². The summed E-state index contributed by atoms with van der Waals surface area (Å²) in [5, 5.41) is 3.60. The first-order valence-electron chi connectivity index (χ1n) is 16.7. The first kappa shape index (κ1) is 28.6. The quantitative estimate of drug-likeness (QED) is 0.185. The summed E-state index contributed by atoms with van der Waals surface area (Å²) in [5.74, 6) is 0. The summed E-state index contributed by atoms with van der Waals surface area (Å²) in [6, 6.07) is 58.3. The van der Waals surface area contributed by atoms with Gasteiger partial charge in [-0.25, -0.2) is 9.97 Å². The Labute approximate surface area is 292 Å². The van der Waals surface area contributed by atoms with Gasteiger partial charge in [-0.15, -0.1) is 11.3 Å². The molecule has 0 unspecified atom stereocenters. The molecule has 3 nitrogen and oxygen atoms in total. The third-order valence-corrected chi connectivity index (χ3v) is 10.8. The Hall–Kier alpha value is -6.36. The average Bonchev–Trinajstić information content (AvgIpc) is 3.76. The molecule has 0 radical (unpaired) electrons. The Morgan fingerprint density at radius 3 is 1.72 bits per heavy atom. The third-order valence-electron chi connectivity index (χ3n) is 9.62. The first-order chi connectivity index (χ1) is 24.7. The van der Waals surface area contributed by atoms with Crippen molar-refractivity contribution in [3.8, 4) is 55.8 Å². The molecule has 234 valence electrons. The lowest BCUT2D eigenvalue weighted by molar-refractivity contribution is 0.667. The highest BCUT2D eigenvalue weighted by Crippen LogP contribution is 2.39. The topological polar surface area (TPSA) is 38.9 Å². The van der Waals surface area contributed by atoms with Crippen LogP contribution in [0.15, 0.2) is 175 Å². The van der Waals surface area contributed by atoms with E-state index in [0.29, 0.717) is 5.58 Å². The maximum atomic E-state index is 6.46. The molecule has 10 aromatic rings. The largest absolute Gasteiger partial charge is 0.452 e. The van der Waals surface area contributed by atoms with Crippen molar-refractivity contribution in [1.82, 2.24) is 9.97 Å². The van der Waals surface area contributed by atoms with Gasteiger partial charge < -0.3 is 4.42 Å². The molecule has 0 fully saturated rings. The van der Waals surface area contributed by atoms with E-state index in [-0.39, 0.29) is 0 Å². The highest BCUT2D eigenvalue weighted by Gasteiger charge is 2.16. The summed E-state index contributed by atoms with van der Waals surface area (Å²) < 4.78 is 9.10. The highest BCUT2D eigenvalue weighted by atomic mass is 32.1. The molecule has 0 saturated carbocycles. The predicted octanol–water partition coefficient (Wildman–Crippen LogP) is 13.1. The zero-order valence-corrected chi connectivity index (χ0v) is 27.7. The van der Waals surface area contributed by atoms with Gasteiger partial charge in [0, 0.05) is 31.1 Å². The lowest BCUT2D eigenvalue weighted by Crippen LogP contribution is -1.88. The Morgan fingerprint density at radius 1 is 0.380 bits per heavy atom. The summed E-state index contributed by atoms with van der Waals surface area (Å²) in [6.07, 6.45) is 1.64. The number of rotatable bonds is 5. The summed E-state index contributed by atoms with van der Waals surface area (Å²) in [6.45, 7) is 0. The van der Waals surface area contributed by atoms with E-state index in [1.54, 1.807) is 6.33 Å². The lowest BCUT2D eigenvalue weighted by atomic mass is 9.96. The fraction of sp³-hybridized carbons (Fsp3) is 0. The average molecular weight is 657 g/mol. The standard InChI is InChI=1S/C46H28N2OS/c1-2-8-29(9-3-1)30-16-18-31(19-17-30)35-20-22-41-40(27-35)45-46(49-41)44(47-28-48-45)37-13-7-12-34(25-37)32-10-6-11-33(24-32)36-21-23-43-39(26-36)38-14-4-5-15-42(38)50-43/h1-28H. The maximum absolute atomic E-state index is 6.46. The van der Waals surface area contributed by atoms with Crippen molar-refractivity contribution in [3.05, 3.63) is 170 Å². The molecule has 0 aliphatic rings. The van der Waals surface area contributed by atoms with Crippen molar-refractivity contribution in [2.24, 2.45) is 0 Å². The van der Waals surface area contributed by atoms with Crippen LogP contribution in [0, 0.1) is 0 Å². The molecule has 0 N–H and O–H groups in total. The molecule has 0 amide bonds. The van der Waals surface area contributed by atoms with Crippen molar-refractivity contribution < 1.29 is 4.42 Å². The number of aromatic nitrogens is 2. The lowest BCUT2D eigenvalue weighted by Gasteiger charge is -2.09. The highest BCUT2D eigenvalue weighted by molar-refractivity contribution is 7.25. The van der Waals surface area contributed by atoms with Crippen LogP contribution < -0.4 is 0 Å². The fourth-order valence-electron chi connectivity index (χ4n) is 7.08. The SMILES string of the molecule is c1ccc(-c2ccc(-c3ccc4oc5c(-c6cccc(-c7cccc(-c8ccc9sc%10ccccc%10c9c8)c7)c6)ncnc5c4c3)cc2)cc1. The van der Waals surface area contributed by atoms with Crippen LogP contribution in [0.25, 0.3) is 98.0 Å². The van der Waals surface area contributed by atoms with Gasteiger partial charge >= 0.3 is 0 Å². The summed E-state index contributed by atoms with van der Waals surface area (Å²) in [7, 11) is 0. The number of hydrogen-bond acceptors (Lipinski definition) is 4. The molecular weight excluding hydrogens is 629 g/mol. The van der Waals surface area contributed by atoms with Gasteiger partial charge in [-0.05, 0) is 87.0 Å². The van der Waals surface area contributed by atoms with E-state index >= 15 is 0 Å². The summed E-state index contributed by atoms with van der Waals surface area (Å²) in [5.41, 5.74) is 13.4. The molecule has 0 bridgehead atoms. The minimum atomic E-state index is 0.696. The van der Waals surface area contributed by atoms with E-state index in [0.717, 1.165) is 50.0 Å². The van der Waals surface area contributed by atoms with Gasteiger partial charge in [0.05, 0.1) is 0 Å². The van der Waals surface area contributed by atoms with E-state index in [4.69, 9.17) is 14.4 Å². The second-order valence-electron chi connectivity index (χ2n) is 12.6. The monoisotopic (exact) mass is 656 g/mol. The van der Waals surface area contributed by atoms with E-state index < -0.39 is 0 Å². The Bertz CT molecular complexity index is 2870. The van der Waals surface area contributed by atoms with Gasteiger partial charge in [-0.3, -0.25) is 0 Å². The number of benzene rings is 7. The van der Waals surface area contributed by atoms with E-state index in [1.165, 1.54) is 42.4 Å². The van der Waals surface area contributed by atoms with Crippen molar-refractivity contribution in [3.63, 3.8) is 0 Å². The fourth-order valence-corrected chi connectivity index (χ4v) is 8.16. The maximum Gasteiger partial charge on any atom is 0.180 e. The third kappa shape index (κ3) is 4.89. The molecule has 0 aliphatic heterocycles. The molecule has 7 aromatic carbocycles. The van der Waals surface area contributed by atoms with Crippen molar-refractivity contribution in [2.75, 3.05) is 0 Å². The number of thiophene rings is 1. The second-order valence-corrected chi connectivity index (χ2v) is 13.7. The second kappa shape index (κ2) is 11.7. The zero-order chi connectivity index (χ0) is 33.0. The Balaban J connectivity index is 0.999. The molecule has 0 atom stereocenters. The van der Waals surface area contributed by atoms with Crippen molar-refractivity contribution >= 4 is 53.6 Å². The molecule has 0 saturated heterocycles. The van der Waals surface area contributed by atoms with Crippen LogP contribution in [0.4, 0.5) is 0 Å². The minimum Gasteiger partial charge on any atom is -0.452 e. The zero-order valence-electron chi connectivity index (χ0n) is 26.9. The summed E-state index contributed by atoms with van der Waals surface area (Å²) >= 11 is 1.85. The van der Waals surface area contributed by atoms with Crippen molar-refractivity contribution in [2.45, 2.75) is 0 Å². The molecular formula is C46H28N2OS. The first-order valence-corrected chi connectivity index (χ1v) is 17.5. The minimum absolute atomic E-state index is 0.696. The molecule has 4 heteroatoms. The van der Waals surface area contributed by atoms with Crippen LogP contribution in [0.3, 0.4) is 0 Å². The molecule has 50 heavy (non-hydrogen) atoms. The number of nitrogens with zero attached hydrogens (tertiary/aromatic N) is 2. The van der Waals surface area contributed by atoms with Gasteiger partial charge in [0.2, 0.25) is 0 Å². The summed E-state index contributed by atoms with van der Waals surface area (Å²) in [4.78, 5) is 9.44. The number of furan rings is 1.